The molecular weight excluding hydrogens is 162 g/mol. The van der Waals surface area contributed by atoms with Gasteiger partial charge >= 0.3 is 5.30 Å². The van der Waals surface area contributed by atoms with Crippen molar-refractivity contribution in [3.63, 3.8) is 0 Å². The molecule has 0 aromatic heterocycles. The second-order valence-electron chi connectivity index (χ2n) is 2.08. The van der Waals surface area contributed by atoms with Crippen LogP contribution in [0.5, 0.6) is 0 Å². The monoisotopic (exact) mass is 173 g/mol. The lowest BCUT2D eigenvalue weighted by atomic mass is 10.2. The first-order valence-corrected chi connectivity index (χ1v) is 4.48. The Morgan fingerprint density at radius 1 is 1.45 bits per heavy atom. The van der Waals surface area contributed by atoms with Crippen molar-refractivity contribution in [2.24, 2.45) is 0 Å². The smallest absolute Gasteiger partial charge is 0.364 e. The van der Waals surface area contributed by atoms with Gasteiger partial charge in [0.05, 0.1) is 6.07 Å². The molecular formula is C7H11NO2S. The van der Waals surface area contributed by atoms with Crippen LogP contribution in [0.1, 0.15) is 25.7 Å². The van der Waals surface area contributed by atoms with Gasteiger partial charge in [-0.15, -0.1) is 0 Å². The number of nitriles is 1. The lowest BCUT2D eigenvalue weighted by molar-refractivity contribution is 0.222. The van der Waals surface area contributed by atoms with Crippen molar-refractivity contribution in [3.8, 4) is 6.07 Å². The molecule has 0 saturated heterocycles. The molecule has 0 heterocycles. The minimum Gasteiger partial charge on any atom is -0.473 e. The molecule has 0 aliphatic heterocycles. The van der Waals surface area contributed by atoms with Crippen LogP contribution in [0.2, 0.25) is 0 Å². The number of nitrogens with zero attached hydrogens (tertiary/aromatic N) is 1. The summed E-state index contributed by atoms with van der Waals surface area (Å²) >= 11 is 0.923. The van der Waals surface area contributed by atoms with Gasteiger partial charge in [0.1, 0.15) is 0 Å². The van der Waals surface area contributed by atoms with E-state index in [1.807, 2.05) is 6.07 Å². The Hall–Kier alpha value is -0.690. The molecule has 0 aliphatic rings. The van der Waals surface area contributed by atoms with Crippen molar-refractivity contribution in [2.75, 3.05) is 5.75 Å². The lowest BCUT2D eigenvalue weighted by Crippen LogP contribution is -1.87. The molecule has 0 radical (unpaired) electrons. The van der Waals surface area contributed by atoms with Crippen LogP contribution in [0.15, 0.2) is 0 Å². The zero-order chi connectivity index (χ0) is 8.53. The average molecular weight is 173 g/mol. The van der Waals surface area contributed by atoms with Gasteiger partial charge in [0.25, 0.3) is 0 Å². The van der Waals surface area contributed by atoms with Crippen LogP contribution in [0, 0.1) is 11.3 Å². The van der Waals surface area contributed by atoms with Gasteiger partial charge in [-0.25, -0.2) is 4.79 Å². The number of thioether (sulfide) groups is 1. The van der Waals surface area contributed by atoms with Crippen LogP contribution in [0.4, 0.5) is 4.79 Å². The van der Waals surface area contributed by atoms with E-state index in [9.17, 15) is 4.79 Å². The standard InChI is InChI=1S/C7H11NO2S/c8-5-3-1-2-4-6-11-7(9)10/h1-4,6H2,(H,9,10). The maximum absolute atomic E-state index is 10.00. The van der Waals surface area contributed by atoms with Crippen LogP contribution in [0.3, 0.4) is 0 Å². The molecule has 62 valence electrons. The molecule has 0 spiro atoms. The lowest BCUT2D eigenvalue weighted by Gasteiger charge is -1.94. The molecule has 0 atom stereocenters. The molecule has 0 aromatic carbocycles. The molecule has 0 amide bonds. The third kappa shape index (κ3) is 9.31. The Balaban J connectivity index is 2.92. The molecule has 0 bridgehead atoms. The summed E-state index contributed by atoms with van der Waals surface area (Å²) in [6.07, 6.45) is 3.31. The predicted molar refractivity (Wildman–Crippen MR) is 44.6 cm³/mol. The van der Waals surface area contributed by atoms with Gasteiger partial charge in [-0.2, -0.15) is 5.26 Å². The van der Waals surface area contributed by atoms with E-state index in [1.54, 1.807) is 0 Å². The van der Waals surface area contributed by atoms with Crippen LogP contribution < -0.4 is 0 Å². The van der Waals surface area contributed by atoms with Gasteiger partial charge in [0.2, 0.25) is 0 Å². The van der Waals surface area contributed by atoms with Crippen molar-refractivity contribution in [1.82, 2.24) is 0 Å². The largest absolute Gasteiger partial charge is 0.473 e. The van der Waals surface area contributed by atoms with E-state index in [4.69, 9.17) is 10.4 Å². The summed E-state index contributed by atoms with van der Waals surface area (Å²) in [5.41, 5.74) is 0. The van der Waals surface area contributed by atoms with Gasteiger partial charge in [-0.05, 0) is 24.6 Å². The topological polar surface area (TPSA) is 61.1 Å². The Kier molecular flexibility index (Phi) is 6.95. The fourth-order valence-corrected chi connectivity index (χ4v) is 1.17. The Morgan fingerprint density at radius 3 is 2.73 bits per heavy atom. The molecule has 0 unspecified atom stereocenters. The number of carboxylic acid groups (broad SMARTS) is 1. The quantitative estimate of drug-likeness (QED) is 0.649. The maximum Gasteiger partial charge on any atom is 0.364 e. The van der Waals surface area contributed by atoms with E-state index in [0.29, 0.717) is 12.2 Å². The van der Waals surface area contributed by atoms with Gasteiger partial charge in [0.15, 0.2) is 0 Å². The summed E-state index contributed by atoms with van der Waals surface area (Å²) in [7, 11) is 0. The summed E-state index contributed by atoms with van der Waals surface area (Å²) in [6, 6.07) is 2.04. The predicted octanol–water partition coefficient (Wildman–Crippen LogP) is 2.48. The van der Waals surface area contributed by atoms with Crippen LogP contribution in [-0.4, -0.2) is 16.2 Å². The summed E-state index contributed by atoms with van der Waals surface area (Å²) in [5, 5.41) is 15.6. The number of carbonyl (C=O) groups is 1. The molecule has 0 rings (SSSR count). The second-order valence-corrected chi connectivity index (χ2v) is 3.13. The highest BCUT2D eigenvalue weighted by Gasteiger charge is 1.95. The molecule has 0 aromatic rings. The SMILES string of the molecule is N#CCCCCCSC(=O)O. The third-order valence-electron chi connectivity index (χ3n) is 1.16. The molecule has 11 heavy (non-hydrogen) atoms. The number of unbranched alkanes of at least 4 members (excludes halogenated alkanes) is 3. The summed E-state index contributed by atoms with van der Waals surface area (Å²) in [5.74, 6) is 0.654. The molecule has 0 aliphatic carbocycles. The first kappa shape index (κ1) is 10.3. The molecule has 0 fully saturated rings. The van der Waals surface area contributed by atoms with Crippen molar-refractivity contribution < 1.29 is 9.90 Å². The summed E-state index contributed by atoms with van der Waals surface area (Å²) < 4.78 is 0. The first-order valence-electron chi connectivity index (χ1n) is 3.50. The highest BCUT2D eigenvalue weighted by atomic mass is 32.2. The minimum absolute atomic E-state index is 0.581. The van der Waals surface area contributed by atoms with E-state index >= 15 is 0 Å². The van der Waals surface area contributed by atoms with Gasteiger partial charge in [-0.1, -0.05) is 6.42 Å². The highest BCUT2D eigenvalue weighted by molar-refractivity contribution is 8.13. The Bertz CT molecular complexity index is 153. The fraction of sp³-hybridized carbons (Fsp3) is 0.714. The van der Waals surface area contributed by atoms with Gasteiger partial charge in [-0.3, -0.25) is 0 Å². The van der Waals surface area contributed by atoms with Crippen molar-refractivity contribution in [2.45, 2.75) is 25.7 Å². The fourth-order valence-electron chi connectivity index (χ4n) is 0.642. The minimum atomic E-state index is -0.815. The second kappa shape index (κ2) is 7.42. The summed E-state index contributed by atoms with van der Waals surface area (Å²) in [4.78, 5) is 10.00. The number of hydrogen-bond donors (Lipinski definition) is 1. The normalized spacial score (nSPS) is 9.00. The average Bonchev–Trinajstić information content (AvgIpc) is 1.96. The highest BCUT2D eigenvalue weighted by Crippen LogP contribution is 2.07. The zero-order valence-electron chi connectivity index (χ0n) is 6.25. The van der Waals surface area contributed by atoms with Crippen LogP contribution in [-0.2, 0) is 0 Å². The zero-order valence-corrected chi connectivity index (χ0v) is 7.06. The van der Waals surface area contributed by atoms with Crippen molar-refractivity contribution in [1.29, 1.82) is 5.26 Å². The molecule has 4 heteroatoms. The third-order valence-corrected chi connectivity index (χ3v) is 1.90. The maximum atomic E-state index is 10.00. The number of rotatable bonds is 5. The van der Waals surface area contributed by atoms with E-state index < -0.39 is 5.30 Å². The van der Waals surface area contributed by atoms with E-state index in [0.717, 1.165) is 31.0 Å². The van der Waals surface area contributed by atoms with Crippen molar-refractivity contribution >= 4 is 17.1 Å². The number of hydrogen-bond acceptors (Lipinski definition) is 3. The Morgan fingerprint density at radius 2 is 2.18 bits per heavy atom. The summed E-state index contributed by atoms with van der Waals surface area (Å²) in [6.45, 7) is 0. The van der Waals surface area contributed by atoms with E-state index in [-0.39, 0.29) is 0 Å². The van der Waals surface area contributed by atoms with Gasteiger partial charge in [0, 0.05) is 12.2 Å². The van der Waals surface area contributed by atoms with E-state index in [1.165, 1.54) is 0 Å². The molecule has 1 N–H and O–H groups in total. The van der Waals surface area contributed by atoms with E-state index in [2.05, 4.69) is 0 Å². The van der Waals surface area contributed by atoms with Crippen LogP contribution >= 0.6 is 11.8 Å². The molecule has 0 saturated carbocycles. The van der Waals surface area contributed by atoms with Gasteiger partial charge < -0.3 is 5.11 Å². The first-order chi connectivity index (χ1) is 5.27. The molecule has 3 nitrogen and oxygen atoms in total. The Labute approximate surface area is 70.4 Å². The van der Waals surface area contributed by atoms with Crippen molar-refractivity contribution in [3.05, 3.63) is 0 Å². The van der Waals surface area contributed by atoms with Crippen LogP contribution in [0.25, 0.3) is 0 Å².